The largest absolute Gasteiger partial charge is 0.493 e. The third kappa shape index (κ3) is 7.90. The summed E-state index contributed by atoms with van der Waals surface area (Å²) in [5, 5.41) is 3.25. The van der Waals surface area contributed by atoms with Gasteiger partial charge in [-0.1, -0.05) is 41.6 Å². The molecule has 0 aliphatic carbocycles. The van der Waals surface area contributed by atoms with Gasteiger partial charge in [0, 0.05) is 5.02 Å². The SMILES string of the molecule is C#CCOc1ccc(C(CNC(=O)C(OCC#C)c2ccc(Cl)cc2)OC(=O)CCl)cc1OC. The number of hydrogen-bond donors (Lipinski definition) is 1. The standard InChI is InChI=1S/C25H23Cl2NO6/c1-4-12-32-20-11-8-18(14-21(20)31-3)22(34-23(29)15-26)16-28-25(30)24(33-13-5-2)17-6-9-19(27)10-7-17/h1-2,6-11,14,22,24H,12-13,15-16H2,3H3,(H,28,30). The highest BCUT2D eigenvalue weighted by Gasteiger charge is 2.25. The van der Waals surface area contributed by atoms with Gasteiger partial charge in [0.15, 0.2) is 17.6 Å². The van der Waals surface area contributed by atoms with Gasteiger partial charge >= 0.3 is 5.97 Å². The Bertz CT molecular complexity index is 1060. The number of rotatable bonds is 12. The lowest BCUT2D eigenvalue weighted by Gasteiger charge is -2.22. The molecular formula is C25H23Cl2NO6. The Kier molecular flexibility index (Phi) is 11.1. The number of benzene rings is 2. The van der Waals surface area contributed by atoms with Crippen molar-refractivity contribution in [1.82, 2.24) is 5.32 Å². The van der Waals surface area contributed by atoms with E-state index < -0.39 is 24.1 Å². The van der Waals surface area contributed by atoms with Crippen LogP contribution in [-0.4, -0.2) is 44.6 Å². The lowest BCUT2D eigenvalue weighted by atomic mass is 10.1. The quantitative estimate of drug-likeness (QED) is 0.270. The van der Waals surface area contributed by atoms with E-state index in [0.717, 1.165) is 0 Å². The molecule has 7 nitrogen and oxygen atoms in total. The zero-order chi connectivity index (χ0) is 24.9. The molecule has 0 saturated carbocycles. The summed E-state index contributed by atoms with van der Waals surface area (Å²) >= 11 is 11.5. The fourth-order valence-corrected chi connectivity index (χ4v) is 3.11. The number of carbonyl (C=O) groups is 2. The Morgan fingerprint density at radius 2 is 1.71 bits per heavy atom. The number of ether oxygens (including phenoxy) is 4. The number of alkyl halides is 1. The van der Waals surface area contributed by atoms with Gasteiger partial charge in [0.25, 0.3) is 5.91 Å². The highest BCUT2D eigenvalue weighted by Crippen LogP contribution is 2.31. The minimum absolute atomic E-state index is 0.0557. The Morgan fingerprint density at radius 1 is 1.03 bits per heavy atom. The smallest absolute Gasteiger partial charge is 0.321 e. The van der Waals surface area contributed by atoms with Crippen LogP contribution in [0.1, 0.15) is 23.3 Å². The second-order valence-corrected chi connectivity index (χ2v) is 7.41. The molecule has 178 valence electrons. The average Bonchev–Trinajstić information content (AvgIpc) is 2.86. The zero-order valence-corrected chi connectivity index (χ0v) is 19.9. The predicted molar refractivity (Wildman–Crippen MR) is 129 cm³/mol. The maximum Gasteiger partial charge on any atom is 0.321 e. The molecule has 0 fully saturated rings. The van der Waals surface area contributed by atoms with Gasteiger partial charge in [-0.2, -0.15) is 0 Å². The van der Waals surface area contributed by atoms with Gasteiger partial charge in [0.1, 0.15) is 25.2 Å². The summed E-state index contributed by atoms with van der Waals surface area (Å²) in [5.41, 5.74) is 1.10. The topological polar surface area (TPSA) is 83.1 Å². The number of nitrogens with one attached hydrogen (secondary N) is 1. The zero-order valence-electron chi connectivity index (χ0n) is 18.4. The highest BCUT2D eigenvalue weighted by molar-refractivity contribution is 6.30. The third-order valence-electron chi connectivity index (χ3n) is 4.46. The van der Waals surface area contributed by atoms with Gasteiger partial charge in [-0.3, -0.25) is 9.59 Å². The Hall–Kier alpha value is -3.36. The molecule has 0 heterocycles. The number of halogens is 2. The molecule has 2 rings (SSSR count). The van der Waals surface area contributed by atoms with Crippen LogP contribution in [0, 0.1) is 24.7 Å². The van der Waals surface area contributed by atoms with Crippen LogP contribution in [0.25, 0.3) is 0 Å². The molecule has 1 amide bonds. The first-order chi connectivity index (χ1) is 16.4. The third-order valence-corrected chi connectivity index (χ3v) is 4.93. The normalized spacial score (nSPS) is 11.9. The second kappa shape index (κ2) is 14.0. The van der Waals surface area contributed by atoms with Crippen molar-refractivity contribution < 1.29 is 28.5 Å². The first-order valence-corrected chi connectivity index (χ1v) is 10.9. The van der Waals surface area contributed by atoms with E-state index >= 15 is 0 Å². The van der Waals surface area contributed by atoms with Crippen LogP contribution in [0.4, 0.5) is 0 Å². The van der Waals surface area contributed by atoms with Crippen molar-refractivity contribution >= 4 is 35.1 Å². The minimum Gasteiger partial charge on any atom is -0.493 e. The van der Waals surface area contributed by atoms with Crippen LogP contribution >= 0.6 is 23.2 Å². The maximum absolute atomic E-state index is 13.0. The lowest BCUT2D eigenvalue weighted by Crippen LogP contribution is -2.35. The van der Waals surface area contributed by atoms with Crippen molar-refractivity contribution in [2.24, 2.45) is 0 Å². The lowest BCUT2D eigenvalue weighted by molar-refractivity contribution is -0.147. The van der Waals surface area contributed by atoms with E-state index in [4.69, 9.17) is 55.0 Å². The molecule has 2 atom stereocenters. The van der Waals surface area contributed by atoms with E-state index in [2.05, 4.69) is 17.2 Å². The number of carbonyl (C=O) groups excluding carboxylic acids is 2. The summed E-state index contributed by atoms with van der Waals surface area (Å²) < 4.78 is 21.8. The molecule has 0 saturated heterocycles. The molecular weight excluding hydrogens is 481 g/mol. The molecule has 1 N–H and O–H groups in total. The Morgan fingerprint density at radius 3 is 2.32 bits per heavy atom. The van der Waals surface area contributed by atoms with Crippen molar-refractivity contribution in [2.45, 2.75) is 12.2 Å². The van der Waals surface area contributed by atoms with Crippen molar-refractivity contribution in [3.05, 3.63) is 58.6 Å². The summed E-state index contributed by atoms with van der Waals surface area (Å²) in [6.45, 7) is -0.0967. The maximum atomic E-state index is 13.0. The molecule has 9 heteroatoms. The highest BCUT2D eigenvalue weighted by atomic mass is 35.5. The molecule has 0 radical (unpaired) electrons. The molecule has 2 aromatic rings. The van der Waals surface area contributed by atoms with Gasteiger partial charge in [-0.05, 0) is 35.4 Å². The Labute approximate surface area is 208 Å². The Balaban J connectivity index is 2.24. The fraction of sp³-hybridized carbons (Fsp3) is 0.280. The second-order valence-electron chi connectivity index (χ2n) is 6.71. The number of terminal acetylenes is 2. The van der Waals surface area contributed by atoms with Crippen LogP contribution in [0.5, 0.6) is 11.5 Å². The number of hydrogen-bond acceptors (Lipinski definition) is 6. The van der Waals surface area contributed by atoms with Crippen LogP contribution in [0.2, 0.25) is 5.02 Å². The van der Waals surface area contributed by atoms with Crippen molar-refractivity contribution in [2.75, 3.05) is 32.7 Å². The molecule has 34 heavy (non-hydrogen) atoms. The van der Waals surface area contributed by atoms with E-state index in [1.807, 2.05) is 0 Å². The van der Waals surface area contributed by atoms with Crippen molar-refractivity contribution in [1.29, 1.82) is 0 Å². The van der Waals surface area contributed by atoms with Gasteiger partial charge in [0.2, 0.25) is 0 Å². The molecule has 0 spiro atoms. The molecule has 0 aliphatic heterocycles. The van der Waals surface area contributed by atoms with Crippen LogP contribution in [0.3, 0.4) is 0 Å². The minimum atomic E-state index is -0.994. The van der Waals surface area contributed by atoms with E-state index in [1.54, 1.807) is 42.5 Å². The van der Waals surface area contributed by atoms with Crippen molar-refractivity contribution in [3.8, 4) is 36.2 Å². The van der Waals surface area contributed by atoms with Crippen LogP contribution < -0.4 is 14.8 Å². The van der Waals surface area contributed by atoms with E-state index in [1.165, 1.54) is 7.11 Å². The monoisotopic (exact) mass is 503 g/mol. The first kappa shape index (κ1) is 26.9. The summed E-state index contributed by atoms with van der Waals surface area (Å²) in [4.78, 5) is 24.9. The van der Waals surface area contributed by atoms with Crippen LogP contribution in [0.15, 0.2) is 42.5 Å². The first-order valence-electron chi connectivity index (χ1n) is 10.0. The predicted octanol–water partition coefficient (Wildman–Crippen LogP) is 3.69. The van der Waals surface area contributed by atoms with Crippen LogP contribution in [-0.2, 0) is 19.1 Å². The fourth-order valence-electron chi connectivity index (χ4n) is 2.92. The summed E-state index contributed by atoms with van der Waals surface area (Å²) in [5.74, 6) is 4.01. The van der Waals surface area contributed by atoms with E-state index in [0.29, 0.717) is 27.6 Å². The molecule has 0 bridgehead atoms. The molecule has 2 unspecified atom stereocenters. The van der Waals surface area contributed by atoms with Gasteiger partial charge in [0.05, 0.1) is 13.7 Å². The van der Waals surface area contributed by atoms with Crippen molar-refractivity contribution in [3.63, 3.8) is 0 Å². The van der Waals surface area contributed by atoms with Gasteiger partial charge in [-0.25, -0.2) is 0 Å². The summed E-state index contributed by atoms with van der Waals surface area (Å²) in [6, 6.07) is 11.5. The summed E-state index contributed by atoms with van der Waals surface area (Å²) in [6.07, 6.45) is 8.66. The van der Waals surface area contributed by atoms with E-state index in [-0.39, 0.29) is 25.6 Å². The van der Waals surface area contributed by atoms with Gasteiger partial charge in [-0.15, -0.1) is 24.4 Å². The molecule has 2 aromatic carbocycles. The average molecular weight is 504 g/mol. The number of methoxy groups -OCH3 is 1. The van der Waals surface area contributed by atoms with Gasteiger partial charge < -0.3 is 24.3 Å². The molecule has 0 aromatic heterocycles. The summed E-state index contributed by atoms with van der Waals surface area (Å²) in [7, 11) is 1.46. The number of amides is 1. The number of esters is 1. The molecule has 0 aliphatic rings. The van der Waals surface area contributed by atoms with E-state index in [9.17, 15) is 9.59 Å².